The van der Waals surface area contributed by atoms with Crippen molar-refractivity contribution in [2.24, 2.45) is 5.90 Å². The van der Waals surface area contributed by atoms with Crippen LogP contribution >= 0.6 is 0 Å². The standard InChI is InChI=1S/CH3.H3NO.W/c;1-2;/h1H3;2H,1H2;/q-1;;. The van der Waals surface area contributed by atoms with E-state index in [9.17, 15) is 0 Å². The molecule has 0 rings (SSSR count). The molecule has 0 fully saturated rings. The van der Waals surface area contributed by atoms with Crippen LogP contribution in [0.15, 0.2) is 0 Å². The Morgan fingerprint density at radius 2 is 1.25 bits per heavy atom. The average molecular weight is 232 g/mol. The van der Waals surface area contributed by atoms with Crippen molar-refractivity contribution in [1.82, 2.24) is 0 Å². The fourth-order valence-corrected chi connectivity index (χ4v) is 0. The molecule has 4 heavy (non-hydrogen) atoms. The molecule has 2 nitrogen and oxygen atoms in total. The van der Waals surface area contributed by atoms with Gasteiger partial charge in [0, 0.05) is 21.1 Å². The minimum absolute atomic E-state index is 0. The van der Waals surface area contributed by atoms with E-state index in [0.717, 1.165) is 0 Å². The van der Waals surface area contributed by atoms with Crippen molar-refractivity contribution >= 4 is 0 Å². The van der Waals surface area contributed by atoms with Crippen LogP contribution in [0.4, 0.5) is 0 Å². The van der Waals surface area contributed by atoms with Gasteiger partial charge in [-0.1, -0.05) is 0 Å². The van der Waals surface area contributed by atoms with E-state index in [2.05, 4.69) is 5.90 Å². The maximum Gasteiger partial charge on any atom is 0 e. The van der Waals surface area contributed by atoms with Crippen LogP contribution in [0, 0.1) is 7.43 Å². The first kappa shape index (κ1) is 23.2. The molecule has 0 unspecified atom stereocenters. The van der Waals surface area contributed by atoms with Crippen molar-refractivity contribution in [2.75, 3.05) is 0 Å². The van der Waals surface area contributed by atoms with Crippen LogP contribution in [0.3, 0.4) is 0 Å². The summed E-state index contributed by atoms with van der Waals surface area (Å²) in [6, 6.07) is 0. The Morgan fingerprint density at radius 3 is 1.25 bits per heavy atom. The van der Waals surface area contributed by atoms with Crippen LogP contribution in [-0.2, 0) is 21.1 Å². The van der Waals surface area contributed by atoms with Gasteiger partial charge in [-0.2, -0.15) is 0 Å². The maximum absolute atomic E-state index is 6.50. The van der Waals surface area contributed by atoms with Crippen molar-refractivity contribution in [1.29, 1.82) is 0 Å². The summed E-state index contributed by atoms with van der Waals surface area (Å²) < 4.78 is 0. The molecule has 0 aliphatic heterocycles. The molecule has 0 radical (unpaired) electrons. The molecule has 0 heterocycles. The third-order valence-corrected chi connectivity index (χ3v) is 0. The van der Waals surface area contributed by atoms with Gasteiger partial charge >= 0.3 is 0 Å². The zero-order chi connectivity index (χ0) is 2.00. The molecule has 0 amide bonds. The molecule has 0 aromatic rings. The van der Waals surface area contributed by atoms with Crippen molar-refractivity contribution in [3.63, 3.8) is 0 Å². The number of rotatable bonds is 0. The third-order valence-electron chi connectivity index (χ3n) is 0. The Bertz CT molecular complexity index is 8.00. The Balaban J connectivity index is -0.00000000500. The van der Waals surface area contributed by atoms with Crippen molar-refractivity contribution < 1.29 is 26.3 Å². The number of nitrogens with two attached hydrogens (primary N) is 1. The maximum atomic E-state index is 6.50. The first-order valence-electron chi connectivity index (χ1n) is 0.258. The SMILES string of the molecule is NO.[CH3-].[W]. The van der Waals surface area contributed by atoms with Crippen LogP contribution in [0.5, 0.6) is 0 Å². The molecule has 3 heteroatoms. The van der Waals surface area contributed by atoms with E-state index in [4.69, 9.17) is 5.21 Å². The Morgan fingerprint density at radius 1 is 1.25 bits per heavy atom. The second-order valence-electron chi connectivity index (χ2n) is 0. The van der Waals surface area contributed by atoms with Gasteiger partial charge in [-0.05, 0) is 0 Å². The zero-order valence-corrected chi connectivity index (χ0v) is 5.37. The molecule has 0 bridgehead atoms. The van der Waals surface area contributed by atoms with Gasteiger partial charge in [0.1, 0.15) is 0 Å². The second kappa shape index (κ2) is 66.3. The Labute approximate surface area is 40.2 Å². The fourth-order valence-electron chi connectivity index (χ4n) is 0. The van der Waals surface area contributed by atoms with E-state index in [0.29, 0.717) is 0 Å². The molecule has 0 saturated heterocycles. The molecule has 0 atom stereocenters. The number of hydrogen-bond donors (Lipinski definition) is 2. The monoisotopic (exact) mass is 232 g/mol. The van der Waals surface area contributed by atoms with Gasteiger partial charge in [-0.25, -0.2) is 5.90 Å². The zero-order valence-electron chi connectivity index (χ0n) is 2.43. The summed E-state index contributed by atoms with van der Waals surface area (Å²) in [5, 5.41) is 6.50. The van der Waals surface area contributed by atoms with Crippen LogP contribution in [-0.4, -0.2) is 5.21 Å². The van der Waals surface area contributed by atoms with E-state index in [1.54, 1.807) is 0 Å². The second-order valence-corrected chi connectivity index (χ2v) is 0. The van der Waals surface area contributed by atoms with E-state index < -0.39 is 0 Å². The summed E-state index contributed by atoms with van der Waals surface area (Å²) in [5.74, 6) is 3.50. The fraction of sp³-hybridized carbons (Fsp3) is 0. The minimum Gasteiger partial charge on any atom is -0.358 e. The molecule has 0 aromatic carbocycles. The van der Waals surface area contributed by atoms with Gasteiger partial charge in [0.2, 0.25) is 0 Å². The topological polar surface area (TPSA) is 46.2 Å². The van der Waals surface area contributed by atoms with E-state index in [-0.39, 0.29) is 28.5 Å². The third kappa shape index (κ3) is 18.2. The predicted molar refractivity (Wildman–Crippen MR) is 12.4 cm³/mol. The summed E-state index contributed by atoms with van der Waals surface area (Å²) in [7, 11) is 0. The largest absolute Gasteiger partial charge is 0.358 e. The van der Waals surface area contributed by atoms with E-state index in [1.807, 2.05) is 0 Å². The van der Waals surface area contributed by atoms with Gasteiger partial charge in [0.25, 0.3) is 0 Å². The van der Waals surface area contributed by atoms with Gasteiger partial charge in [-0.3, -0.25) is 0 Å². The molecule has 0 aliphatic carbocycles. The molecule has 0 aromatic heterocycles. The summed E-state index contributed by atoms with van der Waals surface area (Å²) in [6.45, 7) is 0. The molecular formula is CH6NOW-. The Hall–Kier alpha value is 0.608. The smallest absolute Gasteiger partial charge is 0 e. The predicted octanol–water partition coefficient (Wildman–Crippen LogP) is -0.218. The first-order chi connectivity index (χ1) is 1.00. The summed E-state index contributed by atoms with van der Waals surface area (Å²) in [6.07, 6.45) is 0. The van der Waals surface area contributed by atoms with Gasteiger partial charge in [0.05, 0.1) is 0 Å². The van der Waals surface area contributed by atoms with Crippen LogP contribution in [0.2, 0.25) is 0 Å². The van der Waals surface area contributed by atoms with Crippen LogP contribution in [0.25, 0.3) is 0 Å². The Kier molecular flexibility index (Phi) is 385. The molecule has 0 saturated carbocycles. The molecule has 3 N–H and O–H groups in total. The molecule has 0 spiro atoms. The first-order valence-corrected chi connectivity index (χ1v) is 0.258. The summed E-state index contributed by atoms with van der Waals surface area (Å²) in [4.78, 5) is 0. The van der Waals surface area contributed by atoms with Gasteiger partial charge in [-0.15, -0.1) is 0 Å². The summed E-state index contributed by atoms with van der Waals surface area (Å²) in [5.41, 5.74) is 0. The number of hydrogen-bond acceptors (Lipinski definition) is 2. The average Bonchev–Trinajstić information content (AvgIpc) is 1.00. The molecular weight excluding hydrogens is 226 g/mol. The van der Waals surface area contributed by atoms with Crippen molar-refractivity contribution in [2.45, 2.75) is 0 Å². The van der Waals surface area contributed by atoms with Gasteiger partial charge < -0.3 is 12.6 Å². The van der Waals surface area contributed by atoms with Crippen molar-refractivity contribution in [3.8, 4) is 0 Å². The van der Waals surface area contributed by atoms with Crippen LogP contribution in [0.1, 0.15) is 0 Å². The van der Waals surface area contributed by atoms with Crippen molar-refractivity contribution in [3.05, 3.63) is 7.43 Å². The summed E-state index contributed by atoms with van der Waals surface area (Å²) >= 11 is 0. The van der Waals surface area contributed by atoms with E-state index >= 15 is 0 Å². The van der Waals surface area contributed by atoms with Gasteiger partial charge in [0.15, 0.2) is 0 Å². The molecule has 0 aliphatic rings. The van der Waals surface area contributed by atoms with E-state index in [1.165, 1.54) is 0 Å². The quantitative estimate of drug-likeness (QED) is 0.448. The van der Waals surface area contributed by atoms with Crippen LogP contribution < -0.4 is 5.90 Å². The molecule has 28 valence electrons. The normalized spacial score (nSPS) is 1.50. The minimum atomic E-state index is 0.